The molecule has 102 valence electrons. The number of hydrogen-bond acceptors (Lipinski definition) is 3. The summed E-state index contributed by atoms with van der Waals surface area (Å²) in [5.41, 5.74) is 3.14. The zero-order valence-corrected chi connectivity index (χ0v) is 12.1. The minimum atomic E-state index is -1.35. The van der Waals surface area contributed by atoms with Crippen LogP contribution in [0.3, 0.4) is 0 Å². The van der Waals surface area contributed by atoms with Crippen LogP contribution < -0.4 is 4.18 Å². The molecule has 0 amide bonds. The molecule has 0 saturated carbocycles. The second kappa shape index (κ2) is 5.09. The molecule has 0 saturated heterocycles. The second-order valence-electron chi connectivity index (χ2n) is 4.54. The zero-order valence-electron chi connectivity index (χ0n) is 11.2. The molecule has 0 bridgehead atoms. The van der Waals surface area contributed by atoms with E-state index < -0.39 is 11.1 Å². The topological polar surface area (TPSA) is 44.1 Å². The minimum absolute atomic E-state index is 0.508. The van der Waals surface area contributed by atoms with Crippen molar-refractivity contribution in [3.63, 3.8) is 0 Å². The van der Waals surface area contributed by atoms with Crippen LogP contribution in [0.25, 0.3) is 22.2 Å². The molecule has 2 aromatic heterocycles. The molecule has 0 aliphatic carbocycles. The number of aryl methyl sites for hydroxylation is 1. The number of fused-ring (bicyclic) bond motifs is 1. The van der Waals surface area contributed by atoms with Crippen molar-refractivity contribution < 1.29 is 8.39 Å². The predicted octanol–water partition coefficient (Wildman–Crippen LogP) is 2.91. The van der Waals surface area contributed by atoms with Crippen LogP contribution >= 0.6 is 0 Å². The zero-order chi connectivity index (χ0) is 14.1. The number of para-hydroxylation sites is 1. The van der Waals surface area contributed by atoms with Crippen LogP contribution in [0.5, 0.6) is 5.75 Å². The molecule has 0 radical (unpaired) electrons. The van der Waals surface area contributed by atoms with Crippen molar-refractivity contribution in [3.05, 3.63) is 48.8 Å². The molecule has 1 unspecified atom stereocenters. The van der Waals surface area contributed by atoms with Gasteiger partial charge in [-0.05, 0) is 18.2 Å². The Kier molecular flexibility index (Phi) is 3.28. The van der Waals surface area contributed by atoms with E-state index in [1.54, 1.807) is 12.4 Å². The SMILES string of the molecule is Cn1c(-c2cncc(OS(C)=O)c2)cc2ccccc21. The Morgan fingerprint density at radius 3 is 2.75 bits per heavy atom. The Morgan fingerprint density at radius 1 is 1.20 bits per heavy atom. The van der Waals surface area contributed by atoms with Gasteiger partial charge in [0.1, 0.15) is 0 Å². The maximum absolute atomic E-state index is 11.1. The molecule has 1 aromatic carbocycles. The van der Waals surface area contributed by atoms with Crippen molar-refractivity contribution >= 4 is 22.0 Å². The van der Waals surface area contributed by atoms with E-state index in [4.69, 9.17) is 4.18 Å². The van der Waals surface area contributed by atoms with Crippen LogP contribution in [-0.4, -0.2) is 20.0 Å². The van der Waals surface area contributed by atoms with Gasteiger partial charge in [0.15, 0.2) is 5.75 Å². The normalized spacial score (nSPS) is 12.5. The van der Waals surface area contributed by atoms with Gasteiger partial charge in [-0.3, -0.25) is 4.98 Å². The van der Waals surface area contributed by atoms with Gasteiger partial charge in [-0.25, -0.2) is 4.21 Å². The molecule has 0 aliphatic heterocycles. The monoisotopic (exact) mass is 286 g/mol. The van der Waals surface area contributed by atoms with Crippen LogP contribution in [0.2, 0.25) is 0 Å². The van der Waals surface area contributed by atoms with E-state index in [0.717, 1.165) is 16.8 Å². The van der Waals surface area contributed by atoms with Crippen molar-refractivity contribution in [1.29, 1.82) is 0 Å². The third-order valence-electron chi connectivity index (χ3n) is 3.17. The first kappa shape index (κ1) is 12.9. The number of benzene rings is 1. The summed E-state index contributed by atoms with van der Waals surface area (Å²) in [6, 6.07) is 12.2. The highest BCUT2D eigenvalue weighted by Crippen LogP contribution is 2.28. The number of hydrogen-bond donors (Lipinski definition) is 0. The number of aromatic nitrogens is 2. The van der Waals surface area contributed by atoms with E-state index >= 15 is 0 Å². The van der Waals surface area contributed by atoms with Crippen LogP contribution in [0.4, 0.5) is 0 Å². The second-order valence-corrected chi connectivity index (χ2v) is 5.51. The lowest BCUT2D eigenvalue weighted by Crippen LogP contribution is -1.98. The van der Waals surface area contributed by atoms with Crippen molar-refractivity contribution in [1.82, 2.24) is 9.55 Å². The minimum Gasteiger partial charge on any atom is -0.399 e. The summed E-state index contributed by atoms with van der Waals surface area (Å²) in [6.45, 7) is 0. The summed E-state index contributed by atoms with van der Waals surface area (Å²) in [5, 5.41) is 1.18. The van der Waals surface area contributed by atoms with Gasteiger partial charge < -0.3 is 8.75 Å². The van der Waals surface area contributed by atoms with E-state index in [9.17, 15) is 4.21 Å². The maximum atomic E-state index is 11.1. The fourth-order valence-corrected chi connectivity index (χ4v) is 2.67. The van der Waals surface area contributed by atoms with Crippen LogP contribution in [0.15, 0.2) is 48.8 Å². The van der Waals surface area contributed by atoms with Crippen LogP contribution in [-0.2, 0) is 18.1 Å². The van der Waals surface area contributed by atoms with E-state index in [0.29, 0.717) is 5.75 Å². The Hall–Kier alpha value is -2.14. The lowest BCUT2D eigenvalue weighted by Gasteiger charge is -2.06. The summed E-state index contributed by atoms with van der Waals surface area (Å²) in [4.78, 5) is 4.15. The smallest absolute Gasteiger partial charge is 0.203 e. The van der Waals surface area contributed by atoms with Crippen molar-refractivity contribution in [2.75, 3.05) is 6.26 Å². The first-order chi connectivity index (χ1) is 9.65. The molecule has 1 atom stereocenters. The fourth-order valence-electron chi connectivity index (χ4n) is 2.31. The summed E-state index contributed by atoms with van der Waals surface area (Å²) in [5.74, 6) is 0.508. The molecule has 0 fully saturated rings. The van der Waals surface area contributed by atoms with Crippen molar-refractivity contribution in [2.24, 2.45) is 7.05 Å². The van der Waals surface area contributed by atoms with Gasteiger partial charge in [0.05, 0.1) is 11.9 Å². The Labute approximate surface area is 119 Å². The highest BCUT2D eigenvalue weighted by Gasteiger charge is 2.09. The van der Waals surface area contributed by atoms with Gasteiger partial charge in [0.2, 0.25) is 11.1 Å². The standard InChI is InChI=1S/C15H14N2O2S/c1-17-14-6-4-3-5-11(14)8-15(17)12-7-13(10-16-9-12)19-20(2)18/h3-10H,1-2H3. The molecule has 3 rings (SSSR count). The van der Waals surface area contributed by atoms with E-state index in [2.05, 4.69) is 27.8 Å². The molecule has 0 aliphatic rings. The Bertz CT molecular complexity index is 795. The summed E-state index contributed by atoms with van der Waals surface area (Å²) in [6.07, 6.45) is 4.83. The number of rotatable bonds is 3. The quantitative estimate of drug-likeness (QED) is 0.743. The average molecular weight is 286 g/mol. The van der Waals surface area contributed by atoms with E-state index in [1.165, 1.54) is 11.6 Å². The molecule has 3 aromatic rings. The Morgan fingerprint density at radius 2 is 2.00 bits per heavy atom. The highest BCUT2D eigenvalue weighted by atomic mass is 32.2. The number of nitrogens with zero attached hydrogens (tertiary/aromatic N) is 2. The van der Waals surface area contributed by atoms with Crippen molar-refractivity contribution in [2.45, 2.75) is 0 Å². The van der Waals surface area contributed by atoms with Crippen LogP contribution in [0.1, 0.15) is 0 Å². The lowest BCUT2D eigenvalue weighted by molar-refractivity contribution is 0.566. The fraction of sp³-hybridized carbons (Fsp3) is 0.133. The molecule has 2 heterocycles. The molecular weight excluding hydrogens is 272 g/mol. The summed E-state index contributed by atoms with van der Waals surface area (Å²) in [7, 11) is 2.02. The third kappa shape index (κ3) is 2.32. The van der Waals surface area contributed by atoms with Gasteiger partial charge in [0, 0.05) is 36.0 Å². The molecule has 0 N–H and O–H groups in total. The Balaban J connectivity index is 2.11. The van der Waals surface area contributed by atoms with E-state index in [1.807, 2.05) is 25.2 Å². The summed E-state index contributed by atoms with van der Waals surface area (Å²) < 4.78 is 18.4. The van der Waals surface area contributed by atoms with Gasteiger partial charge in [-0.15, -0.1) is 0 Å². The predicted molar refractivity (Wildman–Crippen MR) is 80.8 cm³/mol. The average Bonchev–Trinajstić information content (AvgIpc) is 2.76. The van der Waals surface area contributed by atoms with Gasteiger partial charge >= 0.3 is 0 Å². The molecular formula is C15H14N2O2S. The van der Waals surface area contributed by atoms with Gasteiger partial charge in [-0.1, -0.05) is 18.2 Å². The van der Waals surface area contributed by atoms with Crippen molar-refractivity contribution in [3.8, 4) is 17.0 Å². The van der Waals surface area contributed by atoms with Gasteiger partial charge in [0.25, 0.3) is 0 Å². The molecule has 4 nitrogen and oxygen atoms in total. The van der Waals surface area contributed by atoms with Crippen LogP contribution in [0, 0.1) is 0 Å². The summed E-state index contributed by atoms with van der Waals surface area (Å²) >= 11 is -1.35. The number of pyridine rings is 1. The van der Waals surface area contributed by atoms with Gasteiger partial charge in [-0.2, -0.15) is 0 Å². The first-order valence-electron chi connectivity index (χ1n) is 6.17. The first-order valence-corrected chi connectivity index (χ1v) is 7.65. The highest BCUT2D eigenvalue weighted by molar-refractivity contribution is 7.79. The largest absolute Gasteiger partial charge is 0.399 e. The molecule has 5 heteroatoms. The molecule has 0 spiro atoms. The third-order valence-corrected chi connectivity index (χ3v) is 3.60. The molecule has 20 heavy (non-hydrogen) atoms. The maximum Gasteiger partial charge on any atom is 0.203 e. The van der Waals surface area contributed by atoms with E-state index in [-0.39, 0.29) is 0 Å². The lowest BCUT2D eigenvalue weighted by atomic mass is 10.2.